The summed E-state index contributed by atoms with van der Waals surface area (Å²) in [4.78, 5) is 25.8. The van der Waals surface area contributed by atoms with Gasteiger partial charge >= 0.3 is 6.09 Å². The Morgan fingerprint density at radius 2 is 1.88 bits per heavy atom. The maximum absolute atomic E-state index is 12.4. The molecule has 0 aliphatic carbocycles. The highest BCUT2D eigenvalue weighted by molar-refractivity contribution is 6.74. The lowest BCUT2D eigenvalue weighted by Crippen LogP contribution is -2.46. The molecule has 0 aromatic heterocycles. The van der Waals surface area contributed by atoms with Crippen LogP contribution in [0.5, 0.6) is 0 Å². The molecule has 0 saturated carbocycles. The Morgan fingerprint density at radius 1 is 1.24 bits per heavy atom. The van der Waals surface area contributed by atoms with E-state index in [4.69, 9.17) is 9.16 Å². The van der Waals surface area contributed by atoms with E-state index in [2.05, 4.69) is 33.9 Å². The zero-order valence-corrected chi connectivity index (χ0v) is 16.9. The van der Waals surface area contributed by atoms with Crippen molar-refractivity contribution in [3.63, 3.8) is 0 Å². The van der Waals surface area contributed by atoms with E-state index in [0.717, 1.165) is 5.56 Å². The van der Waals surface area contributed by atoms with E-state index in [1.807, 2.05) is 30.3 Å². The summed E-state index contributed by atoms with van der Waals surface area (Å²) < 4.78 is 11.6. The fourth-order valence-corrected chi connectivity index (χ4v) is 3.48. The SMILES string of the molecule is CC(C)(C)[Si](C)(C)OC[C@@H]1CC(=O)CN1C(=O)OCc1ccccc1. The van der Waals surface area contributed by atoms with Crippen molar-refractivity contribution < 1.29 is 18.8 Å². The number of ether oxygens (including phenoxy) is 1. The van der Waals surface area contributed by atoms with Crippen LogP contribution in [0.25, 0.3) is 0 Å². The summed E-state index contributed by atoms with van der Waals surface area (Å²) in [5.74, 6) is 0.0560. The van der Waals surface area contributed by atoms with Gasteiger partial charge in [0.25, 0.3) is 0 Å². The molecule has 1 heterocycles. The molecule has 5 nitrogen and oxygen atoms in total. The molecule has 1 saturated heterocycles. The van der Waals surface area contributed by atoms with Crippen LogP contribution < -0.4 is 0 Å². The molecule has 0 spiro atoms. The van der Waals surface area contributed by atoms with Crippen LogP contribution in [-0.4, -0.2) is 44.3 Å². The Morgan fingerprint density at radius 3 is 2.48 bits per heavy atom. The predicted molar refractivity (Wildman–Crippen MR) is 99.9 cm³/mol. The van der Waals surface area contributed by atoms with E-state index in [1.165, 1.54) is 4.90 Å². The second-order valence-corrected chi connectivity index (χ2v) is 12.9. The van der Waals surface area contributed by atoms with Gasteiger partial charge in [0.2, 0.25) is 0 Å². The minimum Gasteiger partial charge on any atom is -0.445 e. The summed E-state index contributed by atoms with van der Waals surface area (Å²) in [6.07, 6.45) is -0.103. The first-order valence-electron chi connectivity index (χ1n) is 8.73. The summed E-state index contributed by atoms with van der Waals surface area (Å²) in [5.41, 5.74) is 0.926. The molecular weight excluding hydrogens is 334 g/mol. The third-order valence-electron chi connectivity index (χ3n) is 5.13. The lowest BCUT2D eigenvalue weighted by Gasteiger charge is -2.37. The standard InChI is InChI=1S/C19H29NO4Si/c1-19(2,3)25(4,5)24-14-16-11-17(21)12-20(16)18(22)23-13-15-9-7-6-8-10-15/h6-10,16H,11-14H2,1-5H3/t16-/m0/s1. The first-order chi connectivity index (χ1) is 11.6. The molecule has 138 valence electrons. The van der Waals surface area contributed by atoms with Gasteiger partial charge in [-0.3, -0.25) is 9.69 Å². The summed E-state index contributed by atoms with van der Waals surface area (Å²) in [6.45, 7) is 11.6. The zero-order valence-electron chi connectivity index (χ0n) is 15.9. The third kappa shape index (κ3) is 5.15. The molecule has 1 aromatic carbocycles. The van der Waals surface area contributed by atoms with Crippen LogP contribution in [0.4, 0.5) is 4.79 Å². The molecule has 0 bridgehead atoms. The van der Waals surface area contributed by atoms with Gasteiger partial charge in [-0.05, 0) is 23.7 Å². The zero-order chi connectivity index (χ0) is 18.7. The van der Waals surface area contributed by atoms with Crippen molar-refractivity contribution in [3.05, 3.63) is 35.9 Å². The molecule has 1 aliphatic rings. The van der Waals surface area contributed by atoms with Crippen molar-refractivity contribution in [2.75, 3.05) is 13.2 Å². The number of hydrogen-bond acceptors (Lipinski definition) is 4. The summed E-state index contributed by atoms with van der Waals surface area (Å²) in [7, 11) is -1.92. The van der Waals surface area contributed by atoms with Gasteiger partial charge in [-0.2, -0.15) is 0 Å². The predicted octanol–water partition coefficient (Wildman–Crippen LogP) is 3.99. The van der Waals surface area contributed by atoms with Crippen LogP contribution in [0.15, 0.2) is 30.3 Å². The molecule has 25 heavy (non-hydrogen) atoms. The van der Waals surface area contributed by atoms with E-state index < -0.39 is 14.4 Å². The number of ketones is 1. The first kappa shape index (κ1) is 19.7. The lowest BCUT2D eigenvalue weighted by atomic mass is 10.2. The Labute approximate surface area is 151 Å². The van der Waals surface area contributed by atoms with E-state index in [-0.39, 0.29) is 30.0 Å². The minimum atomic E-state index is -1.92. The van der Waals surface area contributed by atoms with Gasteiger partial charge in [-0.25, -0.2) is 4.79 Å². The second-order valence-electron chi connectivity index (χ2n) is 8.14. The van der Waals surface area contributed by atoms with Gasteiger partial charge in [0.15, 0.2) is 14.1 Å². The fraction of sp³-hybridized carbons (Fsp3) is 0.579. The maximum atomic E-state index is 12.4. The number of Topliss-reactive ketones (excluding diaryl/α,β-unsaturated/α-hetero) is 1. The Hall–Kier alpha value is -1.66. The van der Waals surface area contributed by atoms with Gasteiger partial charge in [-0.15, -0.1) is 0 Å². The van der Waals surface area contributed by atoms with Crippen molar-refractivity contribution in [2.45, 2.75) is 58.0 Å². The number of benzene rings is 1. The van der Waals surface area contributed by atoms with E-state index in [1.54, 1.807) is 0 Å². The van der Waals surface area contributed by atoms with E-state index >= 15 is 0 Å². The van der Waals surface area contributed by atoms with Crippen molar-refractivity contribution in [2.24, 2.45) is 0 Å². The molecule has 0 N–H and O–H groups in total. The molecule has 0 unspecified atom stereocenters. The number of rotatable bonds is 5. The van der Waals surface area contributed by atoms with Crippen LogP contribution in [0.2, 0.25) is 18.1 Å². The van der Waals surface area contributed by atoms with Crippen molar-refractivity contribution in [3.8, 4) is 0 Å². The van der Waals surface area contributed by atoms with E-state index in [9.17, 15) is 9.59 Å². The molecule has 1 atom stereocenters. The van der Waals surface area contributed by atoms with Crippen LogP contribution in [0.1, 0.15) is 32.8 Å². The minimum absolute atomic E-state index is 0.0560. The lowest BCUT2D eigenvalue weighted by molar-refractivity contribution is -0.116. The summed E-state index contributed by atoms with van der Waals surface area (Å²) in [5, 5.41) is 0.0915. The van der Waals surface area contributed by atoms with Crippen LogP contribution in [0.3, 0.4) is 0 Å². The van der Waals surface area contributed by atoms with E-state index in [0.29, 0.717) is 13.0 Å². The maximum Gasteiger partial charge on any atom is 0.410 e. The van der Waals surface area contributed by atoms with Crippen LogP contribution >= 0.6 is 0 Å². The highest BCUT2D eigenvalue weighted by atomic mass is 28.4. The second kappa shape index (κ2) is 7.70. The average Bonchev–Trinajstić information content (AvgIpc) is 2.92. The molecule has 1 aromatic rings. The average molecular weight is 364 g/mol. The number of carbonyl (C=O) groups is 2. The molecule has 1 fully saturated rings. The number of likely N-dealkylation sites (tertiary alicyclic amines) is 1. The fourth-order valence-electron chi connectivity index (χ4n) is 2.44. The highest BCUT2D eigenvalue weighted by Gasteiger charge is 2.41. The largest absolute Gasteiger partial charge is 0.445 e. The summed E-state index contributed by atoms with van der Waals surface area (Å²) in [6, 6.07) is 9.29. The van der Waals surface area contributed by atoms with Crippen LogP contribution in [-0.2, 0) is 20.6 Å². The number of hydrogen-bond donors (Lipinski definition) is 0. The van der Waals surface area contributed by atoms with Gasteiger partial charge in [-0.1, -0.05) is 51.1 Å². The number of amides is 1. The molecule has 2 rings (SSSR count). The quantitative estimate of drug-likeness (QED) is 0.742. The molecule has 1 aliphatic heterocycles. The topological polar surface area (TPSA) is 55.8 Å². The molecule has 1 amide bonds. The smallest absolute Gasteiger partial charge is 0.410 e. The number of carbonyl (C=O) groups excluding carboxylic acids is 2. The monoisotopic (exact) mass is 363 g/mol. The van der Waals surface area contributed by atoms with Gasteiger partial charge in [0.1, 0.15) is 6.61 Å². The normalized spacial score (nSPS) is 18.5. The molecule has 6 heteroatoms. The highest BCUT2D eigenvalue weighted by Crippen LogP contribution is 2.37. The Bertz CT molecular complexity index is 610. The van der Waals surface area contributed by atoms with Gasteiger partial charge < -0.3 is 9.16 Å². The van der Waals surface area contributed by atoms with Gasteiger partial charge in [0, 0.05) is 6.42 Å². The molecule has 0 radical (unpaired) electrons. The Balaban J connectivity index is 1.94. The van der Waals surface area contributed by atoms with Crippen molar-refractivity contribution in [1.29, 1.82) is 0 Å². The van der Waals surface area contributed by atoms with Gasteiger partial charge in [0.05, 0.1) is 19.2 Å². The molecular formula is C19H29NO4Si. The van der Waals surface area contributed by atoms with Crippen molar-refractivity contribution in [1.82, 2.24) is 4.90 Å². The first-order valence-corrected chi connectivity index (χ1v) is 11.6. The van der Waals surface area contributed by atoms with Crippen molar-refractivity contribution >= 4 is 20.2 Å². The third-order valence-corrected chi connectivity index (χ3v) is 9.63. The summed E-state index contributed by atoms with van der Waals surface area (Å²) >= 11 is 0. The number of nitrogens with zero attached hydrogens (tertiary/aromatic N) is 1. The Kier molecular flexibility index (Phi) is 6.06. The van der Waals surface area contributed by atoms with Crippen LogP contribution in [0, 0.1) is 0 Å².